The van der Waals surface area contributed by atoms with Crippen molar-refractivity contribution in [2.24, 2.45) is 0 Å². The second-order valence-electron chi connectivity index (χ2n) is 7.98. The maximum Gasteiger partial charge on any atom is 0.116 e. The molecule has 0 saturated heterocycles. The third-order valence-corrected chi connectivity index (χ3v) is 6.73. The number of H-pyrrole nitrogens is 2. The predicted molar refractivity (Wildman–Crippen MR) is 135 cm³/mol. The number of thiophene rings is 1. The molecule has 5 aromatic heterocycles. The number of nitrogens with one attached hydrogen (secondary N) is 3. The van der Waals surface area contributed by atoms with Crippen molar-refractivity contribution in [2.75, 3.05) is 6.54 Å². The molecule has 6 aromatic rings. The van der Waals surface area contributed by atoms with Gasteiger partial charge in [-0.1, -0.05) is 25.1 Å². The van der Waals surface area contributed by atoms with Gasteiger partial charge in [0.1, 0.15) is 5.69 Å². The Labute approximate surface area is 194 Å². The lowest BCUT2D eigenvalue weighted by molar-refractivity contribution is 0.724. The molecule has 6 rings (SSSR count). The van der Waals surface area contributed by atoms with Gasteiger partial charge in [-0.25, -0.2) is 0 Å². The first-order valence-electron chi connectivity index (χ1n) is 11.0. The average Bonchev–Trinajstić information content (AvgIpc) is 3.61. The Morgan fingerprint density at radius 3 is 2.82 bits per heavy atom. The van der Waals surface area contributed by atoms with E-state index in [0.29, 0.717) is 0 Å². The lowest BCUT2D eigenvalue weighted by atomic mass is 10.1. The molecule has 162 valence electrons. The number of rotatable bonds is 6. The van der Waals surface area contributed by atoms with E-state index in [9.17, 15) is 0 Å². The summed E-state index contributed by atoms with van der Waals surface area (Å²) in [5, 5.41) is 15.4. The summed E-state index contributed by atoms with van der Waals surface area (Å²) in [5.41, 5.74) is 8.12. The number of aromatic nitrogens is 5. The van der Waals surface area contributed by atoms with Crippen molar-refractivity contribution in [3.8, 4) is 33.1 Å². The largest absolute Gasteiger partial charge is 0.353 e. The highest BCUT2D eigenvalue weighted by Crippen LogP contribution is 2.36. The van der Waals surface area contributed by atoms with Gasteiger partial charge in [-0.3, -0.25) is 15.1 Å². The lowest BCUT2D eigenvalue weighted by Crippen LogP contribution is -2.11. The van der Waals surface area contributed by atoms with Gasteiger partial charge in [0.25, 0.3) is 0 Å². The first-order valence-corrected chi connectivity index (χ1v) is 11.8. The fourth-order valence-corrected chi connectivity index (χ4v) is 4.97. The summed E-state index contributed by atoms with van der Waals surface area (Å²) in [7, 11) is 0. The van der Waals surface area contributed by atoms with E-state index >= 15 is 0 Å². The minimum atomic E-state index is 0.790. The van der Waals surface area contributed by atoms with Crippen molar-refractivity contribution < 1.29 is 0 Å². The molecule has 5 heterocycles. The standard InChI is InChI=1S/C26H22N6S/c1-2-27-12-16-9-17(14-28-13-16)22-11-20-24(15-29-22)31-32-26(20)23-10-19-18(25-7-4-8-33-25)5-3-6-21(19)30-23/h3-11,13-15,27,30H,2,12H2,1H3,(H,31,32). The summed E-state index contributed by atoms with van der Waals surface area (Å²) in [5.74, 6) is 0. The van der Waals surface area contributed by atoms with Crippen LogP contribution in [0, 0.1) is 0 Å². The Bertz CT molecular complexity index is 1560. The van der Waals surface area contributed by atoms with Crippen molar-refractivity contribution in [1.82, 2.24) is 30.5 Å². The van der Waals surface area contributed by atoms with Gasteiger partial charge in [0.2, 0.25) is 0 Å². The Morgan fingerprint density at radius 2 is 1.94 bits per heavy atom. The van der Waals surface area contributed by atoms with E-state index in [1.807, 2.05) is 18.6 Å². The highest BCUT2D eigenvalue weighted by atomic mass is 32.1. The van der Waals surface area contributed by atoms with Crippen LogP contribution in [0.2, 0.25) is 0 Å². The zero-order chi connectivity index (χ0) is 22.2. The zero-order valence-corrected chi connectivity index (χ0v) is 18.9. The minimum Gasteiger partial charge on any atom is -0.353 e. The van der Waals surface area contributed by atoms with Crippen molar-refractivity contribution >= 4 is 33.1 Å². The third kappa shape index (κ3) is 3.61. The van der Waals surface area contributed by atoms with Gasteiger partial charge >= 0.3 is 0 Å². The Hall–Kier alpha value is -3.81. The fraction of sp³-hybridized carbons (Fsp3) is 0.115. The van der Waals surface area contributed by atoms with Crippen LogP contribution in [-0.4, -0.2) is 31.7 Å². The molecule has 0 amide bonds. The number of hydrogen-bond donors (Lipinski definition) is 3. The molecule has 3 N–H and O–H groups in total. The van der Waals surface area contributed by atoms with E-state index in [1.54, 1.807) is 11.3 Å². The van der Waals surface area contributed by atoms with Crippen molar-refractivity contribution in [2.45, 2.75) is 13.5 Å². The highest BCUT2D eigenvalue weighted by Gasteiger charge is 2.15. The van der Waals surface area contributed by atoms with Crippen LogP contribution < -0.4 is 5.32 Å². The quantitative estimate of drug-likeness (QED) is 0.290. The maximum atomic E-state index is 4.66. The van der Waals surface area contributed by atoms with E-state index in [0.717, 1.165) is 57.7 Å². The molecule has 0 aliphatic heterocycles. The van der Waals surface area contributed by atoms with Crippen LogP contribution in [0.3, 0.4) is 0 Å². The summed E-state index contributed by atoms with van der Waals surface area (Å²) < 4.78 is 0. The van der Waals surface area contributed by atoms with Crippen molar-refractivity contribution in [3.05, 3.63) is 78.1 Å². The molecule has 33 heavy (non-hydrogen) atoms. The first kappa shape index (κ1) is 19.8. The number of hydrogen-bond acceptors (Lipinski definition) is 5. The van der Waals surface area contributed by atoms with Crippen LogP contribution in [0.15, 0.2) is 72.5 Å². The van der Waals surface area contributed by atoms with E-state index in [4.69, 9.17) is 0 Å². The Kier molecular flexibility index (Phi) is 4.97. The first-order chi connectivity index (χ1) is 16.3. The van der Waals surface area contributed by atoms with Gasteiger partial charge in [0.15, 0.2) is 0 Å². The van der Waals surface area contributed by atoms with Crippen LogP contribution >= 0.6 is 11.3 Å². The van der Waals surface area contributed by atoms with Gasteiger partial charge in [0.05, 0.1) is 23.1 Å². The van der Waals surface area contributed by atoms with Gasteiger partial charge in [0, 0.05) is 51.2 Å². The molecule has 0 aliphatic carbocycles. The molecule has 6 nitrogen and oxygen atoms in total. The summed E-state index contributed by atoms with van der Waals surface area (Å²) in [6.45, 7) is 3.81. The number of aromatic amines is 2. The molecule has 0 unspecified atom stereocenters. The molecular weight excluding hydrogens is 428 g/mol. The molecule has 1 aromatic carbocycles. The van der Waals surface area contributed by atoms with E-state index < -0.39 is 0 Å². The molecule has 0 saturated carbocycles. The Morgan fingerprint density at radius 1 is 0.970 bits per heavy atom. The van der Waals surface area contributed by atoms with E-state index in [2.05, 4.69) is 91.3 Å². The zero-order valence-electron chi connectivity index (χ0n) is 18.1. The lowest BCUT2D eigenvalue weighted by Gasteiger charge is -2.05. The summed E-state index contributed by atoms with van der Waals surface area (Å²) in [6.07, 6.45) is 5.60. The van der Waals surface area contributed by atoms with Gasteiger partial charge in [-0.2, -0.15) is 5.10 Å². The van der Waals surface area contributed by atoms with Crippen LogP contribution in [0.5, 0.6) is 0 Å². The van der Waals surface area contributed by atoms with Crippen molar-refractivity contribution in [3.63, 3.8) is 0 Å². The molecule has 0 aliphatic rings. The minimum absolute atomic E-state index is 0.790. The summed E-state index contributed by atoms with van der Waals surface area (Å²) in [4.78, 5) is 13.9. The molecular formula is C26H22N6S. The molecule has 0 bridgehead atoms. The molecule has 7 heteroatoms. The van der Waals surface area contributed by atoms with E-state index in [1.165, 1.54) is 15.8 Å². The maximum absolute atomic E-state index is 4.66. The topological polar surface area (TPSA) is 82.3 Å². The van der Waals surface area contributed by atoms with Gasteiger partial charge in [-0.05, 0) is 47.8 Å². The second kappa shape index (κ2) is 8.27. The smallest absolute Gasteiger partial charge is 0.116 e. The molecule has 0 radical (unpaired) electrons. The second-order valence-corrected chi connectivity index (χ2v) is 8.92. The predicted octanol–water partition coefficient (Wildman–Crippen LogP) is 6.01. The van der Waals surface area contributed by atoms with Crippen LogP contribution in [0.25, 0.3) is 54.9 Å². The van der Waals surface area contributed by atoms with Crippen LogP contribution in [-0.2, 0) is 6.54 Å². The van der Waals surface area contributed by atoms with E-state index in [-0.39, 0.29) is 0 Å². The Balaban J connectivity index is 1.44. The molecule has 0 atom stereocenters. The van der Waals surface area contributed by atoms with Crippen LogP contribution in [0.4, 0.5) is 0 Å². The monoisotopic (exact) mass is 450 g/mol. The van der Waals surface area contributed by atoms with Gasteiger partial charge in [-0.15, -0.1) is 11.3 Å². The third-order valence-electron chi connectivity index (χ3n) is 5.82. The summed E-state index contributed by atoms with van der Waals surface area (Å²) in [6, 6.07) is 17.0. The van der Waals surface area contributed by atoms with Gasteiger partial charge < -0.3 is 10.3 Å². The SMILES string of the molecule is CCNCc1cncc(-c2cc3c(-c4cc5c(-c6cccs6)cccc5[nH]4)n[nH]c3cn2)c1. The molecule has 0 fully saturated rings. The number of pyridine rings is 2. The van der Waals surface area contributed by atoms with Crippen LogP contribution in [0.1, 0.15) is 12.5 Å². The molecule has 0 spiro atoms. The number of fused-ring (bicyclic) bond motifs is 2. The highest BCUT2D eigenvalue weighted by molar-refractivity contribution is 7.13. The average molecular weight is 451 g/mol. The number of benzene rings is 1. The normalized spacial score (nSPS) is 11.5. The van der Waals surface area contributed by atoms with Crippen molar-refractivity contribution in [1.29, 1.82) is 0 Å². The number of nitrogens with zero attached hydrogens (tertiary/aromatic N) is 3. The summed E-state index contributed by atoms with van der Waals surface area (Å²) >= 11 is 1.75. The fourth-order valence-electron chi connectivity index (χ4n) is 4.20.